The van der Waals surface area contributed by atoms with Crippen molar-refractivity contribution in [3.8, 4) is 0 Å². The summed E-state index contributed by atoms with van der Waals surface area (Å²) in [6.45, 7) is 0. The van der Waals surface area contributed by atoms with Crippen molar-refractivity contribution in [2.45, 2.75) is 31.8 Å². The number of halogens is 1. The minimum absolute atomic E-state index is 0.153. The van der Waals surface area contributed by atoms with E-state index in [0.29, 0.717) is 12.3 Å². The van der Waals surface area contributed by atoms with Gasteiger partial charge in [-0.2, -0.15) is 0 Å². The molecule has 1 saturated carbocycles. The Labute approximate surface area is 65.5 Å². The van der Waals surface area contributed by atoms with Gasteiger partial charge in [0.2, 0.25) is 0 Å². The fraction of sp³-hybridized carbons (Fsp3) is 0.857. The van der Waals surface area contributed by atoms with Crippen molar-refractivity contribution in [1.82, 2.24) is 0 Å². The molecule has 1 aliphatic carbocycles. The first kappa shape index (κ1) is 7.86. The van der Waals surface area contributed by atoms with Gasteiger partial charge in [0.05, 0.1) is 6.42 Å². The molecule has 3 heteroatoms. The van der Waals surface area contributed by atoms with Crippen LogP contribution in [0.4, 0.5) is 0 Å². The van der Waals surface area contributed by atoms with Crippen LogP contribution < -0.4 is 0 Å². The van der Waals surface area contributed by atoms with Crippen molar-refractivity contribution in [1.29, 1.82) is 0 Å². The van der Waals surface area contributed by atoms with Crippen LogP contribution in [-0.2, 0) is 9.53 Å². The van der Waals surface area contributed by atoms with Crippen LogP contribution in [0.1, 0.15) is 25.7 Å². The van der Waals surface area contributed by atoms with Crippen LogP contribution in [-0.4, -0.2) is 18.0 Å². The SMILES string of the molecule is O=C(CCCl)OC1CCC1. The molecular weight excluding hydrogens is 152 g/mol. The number of hydrogen-bond acceptors (Lipinski definition) is 2. The van der Waals surface area contributed by atoms with Crippen LogP contribution >= 0.6 is 11.6 Å². The molecule has 0 aromatic rings. The zero-order valence-electron chi connectivity index (χ0n) is 5.81. The van der Waals surface area contributed by atoms with Crippen LogP contribution in [0.25, 0.3) is 0 Å². The Morgan fingerprint density at radius 1 is 1.60 bits per heavy atom. The first-order chi connectivity index (χ1) is 4.83. The second kappa shape index (κ2) is 3.81. The van der Waals surface area contributed by atoms with Crippen molar-refractivity contribution < 1.29 is 9.53 Å². The number of alkyl halides is 1. The molecule has 0 atom stereocenters. The maximum atomic E-state index is 10.7. The summed E-state index contributed by atoms with van der Waals surface area (Å²) in [5.41, 5.74) is 0. The van der Waals surface area contributed by atoms with Crippen LogP contribution in [0, 0.1) is 0 Å². The standard InChI is InChI=1S/C7H11ClO2/c8-5-4-7(9)10-6-2-1-3-6/h6H,1-5H2. The number of ether oxygens (including phenoxy) is 1. The Bertz CT molecular complexity index is 121. The molecule has 0 aromatic heterocycles. The summed E-state index contributed by atoms with van der Waals surface area (Å²) < 4.78 is 5.00. The fourth-order valence-electron chi connectivity index (χ4n) is 0.811. The van der Waals surface area contributed by atoms with Gasteiger partial charge in [0.25, 0.3) is 0 Å². The highest BCUT2D eigenvalue weighted by atomic mass is 35.5. The summed E-state index contributed by atoms with van der Waals surface area (Å²) in [6.07, 6.45) is 3.81. The summed E-state index contributed by atoms with van der Waals surface area (Å²) in [4.78, 5) is 10.7. The Balaban J connectivity index is 2.05. The summed E-state index contributed by atoms with van der Waals surface area (Å²) in [5, 5.41) is 0. The topological polar surface area (TPSA) is 26.3 Å². The van der Waals surface area contributed by atoms with Crippen molar-refractivity contribution in [2.24, 2.45) is 0 Å². The Morgan fingerprint density at radius 2 is 2.30 bits per heavy atom. The predicted octanol–water partition coefficient (Wildman–Crippen LogP) is 1.71. The molecule has 10 heavy (non-hydrogen) atoms. The third kappa shape index (κ3) is 2.18. The van der Waals surface area contributed by atoms with E-state index < -0.39 is 0 Å². The van der Waals surface area contributed by atoms with Crippen LogP contribution in [0.5, 0.6) is 0 Å². The van der Waals surface area contributed by atoms with Crippen molar-refractivity contribution in [3.63, 3.8) is 0 Å². The van der Waals surface area contributed by atoms with Crippen molar-refractivity contribution >= 4 is 17.6 Å². The lowest BCUT2D eigenvalue weighted by Gasteiger charge is -2.24. The Hall–Kier alpha value is -0.240. The van der Waals surface area contributed by atoms with Crippen LogP contribution in [0.3, 0.4) is 0 Å². The molecule has 0 N–H and O–H groups in total. The van der Waals surface area contributed by atoms with E-state index in [4.69, 9.17) is 16.3 Å². The molecule has 0 aliphatic heterocycles. The second-order valence-corrected chi connectivity index (χ2v) is 2.86. The number of carbonyl (C=O) groups is 1. The highest BCUT2D eigenvalue weighted by Gasteiger charge is 2.20. The van der Waals surface area contributed by atoms with Gasteiger partial charge in [-0.15, -0.1) is 11.6 Å². The molecule has 0 saturated heterocycles. The minimum Gasteiger partial charge on any atom is -0.462 e. The molecule has 0 aromatic carbocycles. The van der Waals surface area contributed by atoms with Crippen LogP contribution in [0.15, 0.2) is 0 Å². The second-order valence-electron chi connectivity index (χ2n) is 2.48. The van der Waals surface area contributed by atoms with E-state index in [9.17, 15) is 4.79 Å². The lowest BCUT2D eigenvalue weighted by molar-refractivity contribution is -0.152. The van der Waals surface area contributed by atoms with E-state index in [0.717, 1.165) is 12.8 Å². The Kier molecular flexibility index (Phi) is 3.00. The van der Waals surface area contributed by atoms with Crippen LogP contribution in [0.2, 0.25) is 0 Å². The van der Waals surface area contributed by atoms with E-state index in [1.165, 1.54) is 6.42 Å². The monoisotopic (exact) mass is 162 g/mol. The number of carbonyl (C=O) groups excluding carboxylic acids is 1. The zero-order valence-corrected chi connectivity index (χ0v) is 6.56. The molecule has 0 radical (unpaired) electrons. The maximum Gasteiger partial charge on any atom is 0.307 e. The van der Waals surface area contributed by atoms with Gasteiger partial charge >= 0.3 is 5.97 Å². The summed E-state index contributed by atoms with van der Waals surface area (Å²) in [6, 6.07) is 0. The fourth-order valence-corrected chi connectivity index (χ4v) is 0.965. The molecule has 0 spiro atoms. The van der Waals surface area contributed by atoms with Gasteiger partial charge in [0.1, 0.15) is 6.10 Å². The van der Waals surface area contributed by atoms with E-state index in [1.807, 2.05) is 0 Å². The average molecular weight is 163 g/mol. The first-order valence-corrected chi connectivity index (χ1v) is 4.12. The molecular formula is C7H11ClO2. The number of rotatable bonds is 3. The van der Waals surface area contributed by atoms with Crippen molar-refractivity contribution in [2.75, 3.05) is 5.88 Å². The van der Waals surface area contributed by atoms with Gasteiger partial charge in [-0.3, -0.25) is 4.79 Å². The summed E-state index contributed by atoms with van der Waals surface area (Å²) in [5.74, 6) is 0.214. The molecule has 1 fully saturated rings. The highest BCUT2D eigenvalue weighted by Crippen LogP contribution is 2.22. The first-order valence-electron chi connectivity index (χ1n) is 3.58. The number of esters is 1. The van der Waals surface area contributed by atoms with Crippen molar-refractivity contribution in [3.05, 3.63) is 0 Å². The minimum atomic E-state index is -0.153. The predicted molar refractivity (Wildman–Crippen MR) is 39.1 cm³/mol. The third-order valence-corrected chi connectivity index (χ3v) is 1.84. The molecule has 0 heterocycles. The van der Waals surface area contributed by atoms with Gasteiger partial charge in [-0.25, -0.2) is 0 Å². The molecule has 0 amide bonds. The smallest absolute Gasteiger partial charge is 0.307 e. The molecule has 1 rings (SSSR count). The van der Waals surface area contributed by atoms with Gasteiger partial charge in [-0.05, 0) is 19.3 Å². The Morgan fingerprint density at radius 3 is 2.70 bits per heavy atom. The van der Waals surface area contributed by atoms with Gasteiger partial charge in [0, 0.05) is 5.88 Å². The zero-order chi connectivity index (χ0) is 7.40. The van der Waals surface area contributed by atoms with E-state index in [1.54, 1.807) is 0 Å². The van der Waals surface area contributed by atoms with E-state index in [2.05, 4.69) is 0 Å². The molecule has 0 bridgehead atoms. The quantitative estimate of drug-likeness (QED) is 0.467. The normalized spacial score (nSPS) is 18.1. The lowest BCUT2D eigenvalue weighted by Crippen LogP contribution is -2.25. The lowest BCUT2D eigenvalue weighted by atomic mass is 9.96. The van der Waals surface area contributed by atoms with E-state index >= 15 is 0 Å². The van der Waals surface area contributed by atoms with Gasteiger partial charge < -0.3 is 4.74 Å². The molecule has 0 unspecified atom stereocenters. The highest BCUT2D eigenvalue weighted by molar-refractivity contribution is 6.18. The van der Waals surface area contributed by atoms with Gasteiger partial charge in [-0.1, -0.05) is 0 Å². The third-order valence-electron chi connectivity index (χ3n) is 1.65. The largest absolute Gasteiger partial charge is 0.462 e. The molecule has 1 aliphatic rings. The summed E-state index contributed by atoms with van der Waals surface area (Å²) in [7, 11) is 0. The molecule has 58 valence electrons. The number of hydrogen-bond donors (Lipinski definition) is 0. The van der Waals surface area contributed by atoms with E-state index in [-0.39, 0.29) is 12.1 Å². The molecule has 2 nitrogen and oxygen atoms in total. The average Bonchev–Trinajstić information content (AvgIpc) is 1.80. The maximum absolute atomic E-state index is 10.7. The summed E-state index contributed by atoms with van der Waals surface area (Å²) >= 11 is 5.34. The van der Waals surface area contributed by atoms with Gasteiger partial charge in [0.15, 0.2) is 0 Å².